The van der Waals surface area contributed by atoms with Crippen LogP contribution in [0.25, 0.3) is 0 Å². The molecule has 2 N–H and O–H groups in total. The number of aliphatic hydroxyl groups is 1. The molecule has 1 aliphatic rings. The van der Waals surface area contributed by atoms with Crippen LogP contribution < -0.4 is 14.9 Å². The van der Waals surface area contributed by atoms with Gasteiger partial charge in [-0.2, -0.15) is 8.42 Å². The fourth-order valence-electron chi connectivity index (χ4n) is 3.18. The molecule has 2 aromatic rings. The fourth-order valence-corrected chi connectivity index (χ4v) is 6.70. The average molecular weight is 441 g/mol. The van der Waals surface area contributed by atoms with Crippen molar-refractivity contribution in [2.24, 2.45) is 0 Å². The quantitative estimate of drug-likeness (QED) is 0.555. The molecular formula is C19H28N2O6SSi. The number of aromatic nitrogens is 2. The molecule has 0 aliphatic carbocycles. The molecule has 2 heterocycles. The Hall–Kier alpha value is -1.88. The van der Waals surface area contributed by atoms with E-state index in [1.54, 1.807) is 25.1 Å². The van der Waals surface area contributed by atoms with Gasteiger partial charge in [0.05, 0.1) is 11.4 Å². The van der Waals surface area contributed by atoms with E-state index in [9.17, 15) is 18.1 Å². The van der Waals surface area contributed by atoms with Crippen molar-refractivity contribution >= 4 is 23.8 Å². The second-order valence-corrected chi connectivity index (χ2v) is 15.3. The molecule has 0 radical (unpaired) electrons. The van der Waals surface area contributed by atoms with Crippen molar-refractivity contribution in [3.63, 3.8) is 0 Å². The first-order valence-corrected chi connectivity index (χ1v) is 13.8. The third kappa shape index (κ3) is 3.81. The molecule has 29 heavy (non-hydrogen) atoms. The van der Waals surface area contributed by atoms with Crippen LogP contribution in [0.4, 0.5) is 0 Å². The number of aliphatic hydroxyl groups excluding tert-OH is 1. The summed E-state index contributed by atoms with van der Waals surface area (Å²) in [5.41, 5.74) is 1.11. The number of imidazole rings is 1. The molecule has 0 spiro atoms. The topological polar surface area (TPSA) is 111 Å². The molecule has 1 aromatic heterocycles. The SMILES string of the molecule is Cc1nc([Si](C)(C)C(C)(C)C)n(S(=O)(=O)O)c1C(O)c1ccc2c(c1)OCCO2. The third-order valence-corrected chi connectivity index (χ3v) is 12.1. The maximum Gasteiger partial charge on any atom is 0.364 e. The highest BCUT2D eigenvalue weighted by Crippen LogP contribution is 2.38. The van der Waals surface area contributed by atoms with Crippen LogP contribution in [0.5, 0.6) is 11.5 Å². The van der Waals surface area contributed by atoms with Gasteiger partial charge in [-0.1, -0.05) is 39.9 Å². The zero-order valence-electron chi connectivity index (χ0n) is 17.6. The standard InChI is InChI=1S/C19H28N2O6SSi/c1-12-16(17(22)13-7-8-14-15(11-13)27-10-9-26-14)21(28(23,24)25)18(20-12)29(5,6)19(2,3)4/h7-8,11,17,22H,9-10H2,1-6H3,(H,23,24,25). The number of ether oxygens (including phenoxy) is 2. The Morgan fingerprint density at radius 3 is 2.31 bits per heavy atom. The first kappa shape index (κ1) is 21.8. The predicted molar refractivity (Wildman–Crippen MR) is 112 cm³/mol. The van der Waals surface area contributed by atoms with Gasteiger partial charge in [-0.3, -0.25) is 4.55 Å². The second kappa shape index (κ2) is 7.12. The minimum atomic E-state index is -4.68. The minimum absolute atomic E-state index is 0.0315. The Morgan fingerprint density at radius 2 is 1.76 bits per heavy atom. The zero-order valence-corrected chi connectivity index (χ0v) is 19.4. The van der Waals surface area contributed by atoms with E-state index < -0.39 is 24.5 Å². The molecule has 160 valence electrons. The van der Waals surface area contributed by atoms with Crippen LogP contribution in [-0.4, -0.2) is 48.3 Å². The number of aryl methyl sites for hydroxylation is 1. The van der Waals surface area contributed by atoms with E-state index in [2.05, 4.69) is 4.98 Å². The van der Waals surface area contributed by atoms with Crippen molar-refractivity contribution in [1.82, 2.24) is 8.96 Å². The first-order valence-electron chi connectivity index (χ1n) is 9.40. The van der Waals surface area contributed by atoms with Crippen LogP contribution >= 0.6 is 0 Å². The third-order valence-electron chi connectivity index (χ3n) is 5.86. The fraction of sp³-hybridized carbons (Fsp3) is 0.526. The van der Waals surface area contributed by atoms with Crippen molar-refractivity contribution in [3.8, 4) is 11.5 Å². The largest absolute Gasteiger partial charge is 0.486 e. The van der Waals surface area contributed by atoms with Gasteiger partial charge in [-0.25, -0.2) is 8.96 Å². The molecule has 1 atom stereocenters. The molecule has 1 aromatic carbocycles. The van der Waals surface area contributed by atoms with Gasteiger partial charge < -0.3 is 14.6 Å². The number of fused-ring (bicyclic) bond motifs is 1. The Labute approximate surface area is 172 Å². The molecule has 0 saturated carbocycles. The minimum Gasteiger partial charge on any atom is -0.486 e. The highest BCUT2D eigenvalue weighted by Gasteiger charge is 2.44. The normalized spacial score (nSPS) is 16.0. The van der Waals surface area contributed by atoms with Gasteiger partial charge >= 0.3 is 10.3 Å². The Morgan fingerprint density at radius 1 is 1.17 bits per heavy atom. The molecular weight excluding hydrogens is 412 g/mol. The molecule has 0 saturated heterocycles. The number of hydrogen-bond acceptors (Lipinski definition) is 6. The number of rotatable bonds is 4. The number of nitrogens with zero attached hydrogens (tertiary/aromatic N) is 2. The summed E-state index contributed by atoms with van der Waals surface area (Å²) in [5, 5.41) is 10.9. The number of hydrogen-bond donors (Lipinski definition) is 2. The average Bonchev–Trinajstić information content (AvgIpc) is 2.98. The maximum absolute atomic E-state index is 12.4. The summed E-state index contributed by atoms with van der Waals surface area (Å²) in [6, 6.07) is 4.93. The van der Waals surface area contributed by atoms with Gasteiger partial charge in [0, 0.05) is 0 Å². The van der Waals surface area contributed by atoms with Gasteiger partial charge in [0.15, 0.2) is 11.5 Å². The molecule has 0 fully saturated rings. The van der Waals surface area contributed by atoms with Crippen molar-refractivity contribution in [2.75, 3.05) is 13.2 Å². The van der Waals surface area contributed by atoms with E-state index in [1.165, 1.54) is 0 Å². The summed E-state index contributed by atoms with van der Waals surface area (Å²) in [6.45, 7) is 12.5. The van der Waals surface area contributed by atoms with E-state index in [4.69, 9.17) is 9.47 Å². The summed E-state index contributed by atoms with van der Waals surface area (Å²) in [4.78, 5) is 4.52. The zero-order chi connectivity index (χ0) is 21.8. The lowest BCUT2D eigenvalue weighted by Gasteiger charge is -2.35. The van der Waals surface area contributed by atoms with Crippen LogP contribution in [0, 0.1) is 6.92 Å². The summed E-state index contributed by atoms with van der Waals surface area (Å²) in [5.74, 6) is 1.04. The van der Waals surface area contributed by atoms with E-state index in [1.807, 2.05) is 33.9 Å². The lowest BCUT2D eigenvalue weighted by Crippen LogP contribution is -2.55. The van der Waals surface area contributed by atoms with Gasteiger partial charge in [-0.05, 0) is 29.7 Å². The summed E-state index contributed by atoms with van der Waals surface area (Å²) < 4.78 is 46.7. The van der Waals surface area contributed by atoms with E-state index >= 15 is 0 Å². The van der Waals surface area contributed by atoms with Gasteiger partial charge in [0.2, 0.25) is 0 Å². The van der Waals surface area contributed by atoms with E-state index in [-0.39, 0.29) is 10.7 Å². The molecule has 10 heteroatoms. The van der Waals surface area contributed by atoms with Crippen molar-refractivity contribution < 1.29 is 27.6 Å². The summed E-state index contributed by atoms with van der Waals surface area (Å²) in [6.07, 6.45) is -1.32. The van der Waals surface area contributed by atoms with Gasteiger partial charge in [0.1, 0.15) is 32.8 Å². The highest BCUT2D eigenvalue weighted by atomic mass is 32.2. The van der Waals surface area contributed by atoms with Crippen LogP contribution in [0.2, 0.25) is 18.1 Å². The predicted octanol–water partition coefficient (Wildman–Crippen LogP) is 2.41. The molecule has 0 bridgehead atoms. The van der Waals surface area contributed by atoms with Crippen molar-refractivity contribution in [2.45, 2.75) is 51.9 Å². The van der Waals surface area contributed by atoms with Gasteiger partial charge in [0.25, 0.3) is 0 Å². The number of benzene rings is 1. The molecule has 1 unspecified atom stereocenters. The second-order valence-electron chi connectivity index (χ2n) is 8.83. The lowest BCUT2D eigenvalue weighted by molar-refractivity contribution is 0.169. The Kier molecular flexibility index (Phi) is 5.35. The molecule has 8 nitrogen and oxygen atoms in total. The van der Waals surface area contributed by atoms with E-state index in [0.717, 1.165) is 3.97 Å². The molecule has 3 rings (SSSR count). The Bertz CT molecular complexity index is 1040. The van der Waals surface area contributed by atoms with Crippen molar-refractivity contribution in [1.29, 1.82) is 0 Å². The summed E-state index contributed by atoms with van der Waals surface area (Å²) in [7, 11) is -7.14. The lowest BCUT2D eigenvalue weighted by atomic mass is 10.0. The monoisotopic (exact) mass is 440 g/mol. The van der Waals surface area contributed by atoms with E-state index in [0.29, 0.717) is 41.4 Å². The smallest absolute Gasteiger partial charge is 0.364 e. The van der Waals surface area contributed by atoms with Gasteiger partial charge in [-0.15, -0.1) is 0 Å². The Balaban J connectivity index is 2.20. The van der Waals surface area contributed by atoms with Crippen LogP contribution in [0.1, 0.15) is 43.8 Å². The summed E-state index contributed by atoms with van der Waals surface area (Å²) >= 11 is 0. The van der Waals surface area contributed by atoms with Crippen LogP contribution in [0.15, 0.2) is 18.2 Å². The van der Waals surface area contributed by atoms with Crippen LogP contribution in [0.3, 0.4) is 0 Å². The first-order chi connectivity index (χ1) is 13.2. The van der Waals surface area contributed by atoms with Crippen LogP contribution in [-0.2, 0) is 10.3 Å². The highest BCUT2D eigenvalue weighted by molar-refractivity contribution is 7.84. The maximum atomic E-state index is 12.4. The molecule has 0 amide bonds. The molecule has 1 aliphatic heterocycles. The van der Waals surface area contributed by atoms with Crippen molar-refractivity contribution in [3.05, 3.63) is 35.2 Å².